The van der Waals surface area contributed by atoms with Crippen LogP contribution in [0.4, 0.5) is 4.79 Å². The Morgan fingerprint density at radius 2 is 2.14 bits per heavy atom. The van der Waals surface area contributed by atoms with Crippen LogP contribution >= 0.6 is 22.7 Å². The summed E-state index contributed by atoms with van der Waals surface area (Å²) in [5, 5.41) is 5.48. The first-order chi connectivity index (χ1) is 9.91. The highest BCUT2D eigenvalue weighted by molar-refractivity contribution is 7.11. The number of thiophene rings is 1. The van der Waals surface area contributed by atoms with Crippen LogP contribution in [0.2, 0.25) is 0 Å². The first-order valence-corrected chi connectivity index (χ1v) is 8.22. The maximum atomic E-state index is 12.7. The zero-order valence-corrected chi connectivity index (χ0v) is 13.6. The van der Waals surface area contributed by atoms with Crippen molar-refractivity contribution in [2.24, 2.45) is 0 Å². The van der Waals surface area contributed by atoms with Gasteiger partial charge in [-0.25, -0.2) is 9.78 Å². The van der Waals surface area contributed by atoms with Gasteiger partial charge in [-0.1, -0.05) is 6.07 Å². The molecule has 1 saturated heterocycles. The maximum Gasteiger partial charge on any atom is 0.325 e. The molecule has 110 valence electrons. The summed E-state index contributed by atoms with van der Waals surface area (Å²) in [4.78, 5) is 32.4. The van der Waals surface area contributed by atoms with Crippen molar-refractivity contribution in [3.05, 3.63) is 38.0 Å². The van der Waals surface area contributed by atoms with Gasteiger partial charge in [-0.2, -0.15) is 0 Å². The predicted octanol–water partition coefficient (Wildman–Crippen LogP) is 2.79. The van der Waals surface area contributed by atoms with Gasteiger partial charge in [-0.05, 0) is 32.2 Å². The minimum absolute atomic E-state index is 0.222. The fourth-order valence-corrected chi connectivity index (χ4v) is 4.07. The van der Waals surface area contributed by atoms with Crippen LogP contribution < -0.4 is 5.32 Å². The van der Waals surface area contributed by atoms with Crippen LogP contribution in [-0.2, 0) is 16.9 Å². The first kappa shape index (κ1) is 14.2. The lowest BCUT2D eigenvalue weighted by Gasteiger charge is -2.19. The molecule has 0 aliphatic carbocycles. The summed E-state index contributed by atoms with van der Waals surface area (Å²) in [6, 6.07) is 3.38. The topological polar surface area (TPSA) is 62.3 Å². The van der Waals surface area contributed by atoms with Crippen molar-refractivity contribution < 1.29 is 9.59 Å². The molecule has 21 heavy (non-hydrogen) atoms. The molecule has 0 radical (unpaired) electrons. The second kappa shape index (κ2) is 4.92. The number of urea groups is 1. The van der Waals surface area contributed by atoms with Gasteiger partial charge in [-0.15, -0.1) is 22.7 Å². The van der Waals surface area contributed by atoms with Crippen LogP contribution in [0.5, 0.6) is 0 Å². The van der Waals surface area contributed by atoms with E-state index in [1.807, 2.05) is 31.4 Å². The third-order valence-corrected chi connectivity index (χ3v) is 5.80. The number of carbonyl (C=O) groups excluding carboxylic acids is 2. The number of rotatable bonds is 3. The van der Waals surface area contributed by atoms with Crippen molar-refractivity contribution >= 4 is 34.6 Å². The van der Waals surface area contributed by atoms with Crippen molar-refractivity contribution in [1.29, 1.82) is 0 Å². The zero-order chi connectivity index (χ0) is 15.2. The number of thiazole rings is 1. The van der Waals surface area contributed by atoms with Crippen LogP contribution in [0.3, 0.4) is 0 Å². The molecule has 0 unspecified atom stereocenters. The van der Waals surface area contributed by atoms with Crippen LogP contribution in [-0.4, -0.2) is 21.8 Å². The van der Waals surface area contributed by atoms with E-state index in [9.17, 15) is 9.59 Å². The van der Waals surface area contributed by atoms with Crippen molar-refractivity contribution in [1.82, 2.24) is 15.2 Å². The minimum Gasteiger partial charge on any atom is -0.319 e. The third-order valence-electron chi connectivity index (χ3n) is 3.66. The third kappa shape index (κ3) is 2.26. The molecular formula is C14H15N3O2S2. The van der Waals surface area contributed by atoms with E-state index in [-0.39, 0.29) is 18.5 Å². The van der Waals surface area contributed by atoms with E-state index in [0.29, 0.717) is 0 Å². The second-order valence-electron chi connectivity index (χ2n) is 5.17. The van der Waals surface area contributed by atoms with Gasteiger partial charge in [0, 0.05) is 9.75 Å². The number of imide groups is 1. The second-order valence-corrected chi connectivity index (χ2v) is 7.41. The van der Waals surface area contributed by atoms with Gasteiger partial charge in [0.2, 0.25) is 0 Å². The Hall–Kier alpha value is -1.73. The van der Waals surface area contributed by atoms with Gasteiger partial charge in [-0.3, -0.25) is 9.69 Å². The molecule has 0 spiro atoms. The average molecular weight is 321 g/mol. The maximum absolute atomic E-state index is 12.7. The summed E-state index contributed by atoms with van der Waals surface area (Å²) < 4.78 is 0. The molecular weight excluding hydrogens is 306 g/mol. The lowest BCUT2D eigenvalue weighted by Crippen LogP contribution is -2.40. The first-order valence-electron chi connectivity index (χ1n) is 6.53. The van der Waals surface area contributed by atoms with E-state index in [0.717, 1.165) is 20.5 Å². The molecule has 2 aromatic rings. The van der Waals surface area contributed by atoms with Gasteiger partial charge in [0.05, 0.1) is 12.2 Å². The summed E-state index contributed by atoms with van der Waals surface area (Å²) in [5.41, 5.74) is -0.0184. The van der Waals surface area contributed by atoms with Crippen molar-refractivity contribution in [3.8, 4) is 0 Å². The number of nitrogens with one attached hydrogen (secondary N) is 1. The highest BCUT2D eigenvalue weighted by atomic mass is 32.1. The van der Waals surface area contributed by atoms with E-state index in [2.05, 4.69) is 10.3 Å². The lowest BCUT2D eigenvalue weighted by molar-refractivity contribution is -0.131. The molecule has 0 saturated carbocycles. The SMILES string of the molecule is Cc1nc(CN2C(=O)N[C@@](C)(c3cccs3)C2=O)sc1C. The van der Waals surface area contributed by atoms with Gasteiger partial charge >= 0.3 is 6.03 Å². The molecule has 2 aromatic heterocycles. The minimum atomic E-state index is -0.966. The van der Waals surface area contributed by atoms with Crippen LogP contribution in [0.1, 0.15) is 27.4 Å². The molecule has 3 amide bonds. The largest absolute Gasteiger partial charge is 0.325 e. The van der Waals surface area contributed by atoms with E-state index < -0.39 is 5.54 Å². The summed E-state index contributed by atoms with van der Waals surface area (Å²) in [7, 11) is 0. The van der Waals surface area contributed by atoms with Gasteiger partial charge in [0.25, 0.3) is 5.91 Å². The summed E-state index contributed by atoms with van der Waals surface area (Å²) >= 11 is 2.98. The van der Waals surface area contributed by atoms with Crippen LogP contribution in [0.15, 0.2) is 17.5 Å². The zero-order valence-electron chi connectivity index (χ0n) is 12.0. The molecule has 1 aliphatic rings. The molecule has 1 atom stereocenters. The average Bonchev–Trinajstić information content (AvgIpc) is 3.10. The number of aromatic nitrogens is 1. The summed E-state index contributed by atoms with van der Waals surface area (Å²) in [6.45, 7) is 5.89. The number of amides is 3. The smallest absolute Gasteiger partial charge is 0.319 e. The highest BCUT2D eigenvalue weighted by Crippen LogP contribution is 2.33. The number of carbonyl (C=O) groups is 2. The van der Waals surface area contributed by atoms with E-state index >= 15 is 0 Å². The molecule has 5 nitrogen and oxygen atoms in total. The normalized spacial score (nSPS) is 22.0. The van der Waals surface area contributed by atoms with Gasteiger partial charge in [0.15, 0.2) is 5.54 Å². The Labute approximate surface area is 130 Å². The molecule has 0 aromatic carbocycles. The number of hydrogen-bond donors (Lipinski definition) is 1. The standard InChI is InChI=1S/C14H15N3O2S2/c1-8-9(2)21-11(15-8)7-17-12(18)14(3,16-13(17)19)10-5-4-6-20-10/h4-6H,7H2,1-3H3,(H,16,19)/t14-/m0/s1. The Bertz CT molecular complexity index is 688. The summed E-state index contributed by atoms with van der Waals surface area (Å²) in [6.07, 6.45) is 0. The Morgan fingerprint density at radius 3 is 2.71 bits per heavy atom. The van der Waals surface area contributed by atoms with Gasteiger partial charge in [0.1, 0.15) is 5.01 Å². The van der Waals surface area contributed by atoms with Crippen molar-refractivity contribution in [2.75, 3.05) is 0 Å². The van der Waals surface area contributed by atoms with E-state index in [1.54, 1.807) is 6.92 Å². The molecule has 1 fully saturated rings. The quantitative estimate of drug-likeness (QED) is 0.884. The van der Waals surface area contributed by atoms with Crippen LogP contribution in [0, 0.1) is 13.8 Å². The molecule has 1 N–H and O–H groups in total. The number of hydrogen-bond acceptors (Lipinski definition) is 5. The molecule has 0 bridgehead atoms. The number of aryl methyl sites for hydroxylation is 2. The fourth-order valence-electron chi connectivity index (χ4n) is 2.31. The Morgan fingerprint density at radius 1 is 1.38 bits per heavy atom. The molecule has 7 heteroatoms. The Balaban J connectivity index is 1.87. The lowest BCUT2D eigenvalue weighted by atomic mass is 10.0. The van der Waals surface area contributed by atoms with Crippen LogP contribution in [0.25, 0.3) is 0 Å². The molecule has 3 heterocycles. The number of nitrogens with zero attached hydrogens (tertiary/aromatic N) is 2. The van der Waals surface area contributed by atoms with E-state index in [4.69, 9.17) is 0 Å². The van der Waals surface area contributed by atoms with Crippen molar-refractivity contribution in [3.63, 3.8) is 0 Å². The van der Waals surface area contributed by atoms with E-state index in [1.165, 1.54) is 27.6 Å². The molecule has 1 aliphatic heterocycles. The summed E-state index contributed by atoms with van der Waals surface area (Å²) in [5.74, 6) is -0.222. The highest BCUT2D eigenvalue weighted by Gasteiger charge is 2.49. The molecule has 3 rings (SSSR count). The predicted molar refractivity (Wildman–Crippen MR) is 82.3 cm³/mol. The fraction of sp³-hybridized carbons (Fsp3) is 0.357. The van der Waals surface area contributed by atoms with Gasteiger partial charge < -0.3 is 5.32 Å². The monoisotopic (exact) mass is 321 g/mol. The van der Waals surface area contributed by atoms with Crippen molar-refractivity contribution in [2.45, 2.75) is 32.9 Å². The Kier molecular flexibility index (Phi) is 3.33.